The fraction of sp³-hybridized carbons (Fsp3) is 0.194. The van der Waals surface area contributed by atoms with Gasteiger partial charge in [0.1, 0.15) is 23.9 Å². The van der Waals surface area contributed by atoms with Crippen LogP contribution in [0.15, 0.2) is 96.6 Å². The van der Waals surface area contributed by atoms with Crippen molar-refractivity contribution in [3.63, 3.8) is 0 Å². The SMILES string of the molecule is CCCCOc1cccc(/C(O)=C2\C(=O)C(=O)N(c3nc4ccc(F)cc4s3)C2c2ccc(OCc3ccccc3)c(OC)c2)c1. The number of fused-ring (bicyclic) bond motifs is 1. The van der Waals surface area contributed by atoms with E-state index in [-0.39, 0.29) is 16.5 Å². The number of anilines is 1. The maximum atomic E-state index is 14.0. The van der Waals surface area contributed by atoms with Gasteiger partial charge in [0, 0.05) is 5.56 Å². The number of methoxy groups -OCH3 is 1. The average molecular weight is 639 g/mol. The molecule has 2 heterocycles. The Labute approximate surface area is 269 Å². The van der Waals surface area contributed by atoms with Gasteiger partial charge >= 0.3 is 5.91 Å². The molecule has 1 fully saturated rings. The molecule has 1 saturated heterocycles. The predicted molar refractivity (Wildman–Crippen MR) is 175 cm³/mol. The summed E-state index contributed by atoms with van der Waals surface area (Å²) in [4.78, 5) is 33.3. The largest absolute Gasteiger partial charge is 0.507 e. The average Bonchev–Trinajstić information content (AvgIpc) is 3.61. The van der Waals surface area contributed by atoms with Crippen LogP contribution in [0.3, 0.4) is 0 Å². The van der Waals surface area contributed by atoms with Crippen molar-refractivity contribution in [1.29, 1.82) is 0 Å². The minimum Gasteiger partial charge on any atom is -0.507 e. The molecule has 46 heavy (non-hydrogen) atoms. The number of thiazole rings is 1. The number of aliphatic hydroxyl groups excluding tert-OH is 1. The second-order valence-corrected chi connectivity index (χ2v) is 11.7. The Kier molecular flexibility index (Phi) is 8.98. The zero-order valence-electron chi connectivity index (χ0n) is 25.2. The summed E-state index contributed by atoms with van der Waals surface area (Å²) in [7, 11) is 1.50. The van der Waals surface area contributed by atoms with E-state index in [4.69, 9.17) is 14.2 Å². The van der Waals surface area contributed by atoms with E-state index in [2.05, 4.69) is 11.9 Å². The van der Waals surface area contributed by atoms with Crippen LogP contribution in [0.5, 0.6) is 17.2 Å². The molecule has 0 saturated carbocycles. The fourth-order valence-corrected chi connectivity index (χ4v) is 6.28. The summed E-state index contributed by atoms with van der Waals surface area (Å²) < 4.78 is 32.1. The monoisotopic (exact) mass is 638 g/mol. The van der Waals surface area contributed by atoms with Crippen LogP contribution in [0, 0.1) is 5.82 Å². The fourth-order valence-electron chi connectivity index (χ4n) is 5.27. The number of ketones is 1. The van der Waals surface area contributed by atoms with Crippen molar-refractivity contribution >= 4 is 44.1 Å². The summed E-state index contributed by atoms with van der Waals surface area (Å²) in [5.41, 5.74) is 2.11. The first-order valence-corrected chi connectivity index (χ1v) is 15.6. The van der Waals surface area contributed by atoms with E-state index >= 15 is 0 Å². The highest BCUT2D eigenvalue weighted by Gasteiger charge is 2.48. The van der Waals surface area contributed by atoms with Gasteiger partial charge in [0.2, 0.25) is 0 Å². The van der Waals surface area contributed by atoms with Crippen molar-refractivity contribution in [2.75, 3.05) is 18.6 Å². The Morgan fingerprint density at radius 1 is 0.957 bits per heavy atom. The number of halogens is 1. The van der Waals surface area contributed by atoms with E-state index in [9.17, 15) is 19.1 Å². The summed E-state index contributed by atoms with van der Waals surface area (Å²) in [6, 6.07) is 24.6. The molecule has 1 aromatic heterocycles. The molecule has 1 amide bonds. The summed E-state index contributed by atoms with van der Waals surface area (Å²) in [5, 5.41) is 11.9. The maximum Gasteiger partial charge on any atom is 0.301 e. The normalized spacial score (nSPS) is 15.8. The Balaban J connectivity index is 1.45. The number of nitrogens with zero attached hydrogens (tertiary/aromatic N) is 2. The number of rotatable bonds is 11. The summed E-state index contributed by atoms with van der Waals surface area (Å²) in [6.45, 7) is 2.86. The van der Waals surface area contributed by atoms with E-state index in [1.54, 1.807) is 42.5 Å². The number of ether oxygens (including phenoxy) is 3. The molecule has 1 atom stereocenters. The summed E-state index contributed by atoms with van der Waals surface area (Å²) in [5.74, 6) is -1.20. The molecule has 1 unspecified atom stereocenters. The van der Waals surface area contributed by atoms with E-state index in [1.807, 2.05) is 30.3 Å². The minimum absolute atomic E-state index is 0.124. The molecule has 0 aliphatic carbocycles. The van der Waals surface area contributed by atoms with Crippen LogP contribution in [-0.2, 0) is 16.2 Å². The van der Waals surface area contributed by atoms with E-state index in [0.717, 1.165) is 29.7 Å². The number of carbonyl (C=O) groups is 2. The van der Waals surface area contributed by atoms with Crippen LogP contribution in [0.25, 0.3) is 16.0 Å². The molecular formula is C36H31FN2O6S. The first-order valence-electron chi connectivity index (χ1n) is 14.8. The van der Waals surface area contributed by atoms with Crippen molar-refractivity contribution in [1.82, 2.24) is 4.98 Å². The predicted octanol–water partition coefficient (Wildman–Crippen LogP) is 7.83. The molecule has 234 valence electrons. The Hall–Kier alpha value is -5.22. The van der Waals surface area contributed by atoms with Gasteiger partial charge in [0.05, 0.1) is 35.5 Å². The standard InChI is InChI=1S/C36H31FN2O6S/c1-3-4-17-44-26-12-8-11-24(18-26)33(40)31-32(23-13-16-28(29(19-23)43-2)45-21-22-9-6-5-7-10-22)39(35(42)34(31)41)36-38-27-15-14-25(37)20-30(27)46-36/h5-16,18-20,32,40H,3-4,17,21H2,1-2H3/b33-31+. The van der Waals surface area contributed by atoms with Gasteiger partial charge in [0.15, 0.2) is 16.6 Å². The molecule has 6 rings (SSSR count). The van der Waals surface area contributed by atoms with Gasteiger partial charge in [-0.1, -0.05) is 73.2 Å². The minimum atomic E-state index is -1.08. The second kappa shape index (κ2) is 13.4. The van der Waals surface area contributed by atoms with Gasteiger partial charge in [-0.3, -0.25) is 14.5 Å². The van der Waals surface area contributed by atoms with Gasteiger partial charge in [-0.05, 0) is 60.0 Å². The highest BCUT2D eigenvalue weighted by molar-refractivity contribution is 7.22. The number of aromatic nitrogens is 1. The molecule has 1 aliphatic rings. The Morgan fingerprint density at radius 3 is 2.57 bits per heavy atom. The van der Waals surface area contributed by atoms with Crippen molar-refractivity contribution in [2.24, 2.45) is 0 Å². The van der Waals surface area contributed by atoms with E-state index in [1.165, 1.54) is 30.2 Å². The third-order valence-electron chi connectivity index (χ3n) is 7.60. The van der Waals surface area contributed by atoms with Crippen molar-refractivity contribution < 1.29 is 33.3 Å². The van der Waals surface area contributed by atoms with Crippen molar-refractivity contribution in [2.45, 2.75) is 32.4 Å². The summed E-state index contributed by atoms with van der Waals surface area (Å²) in [6.07, 6.45) is 1.82. The zero-order valence-corrected chi connectivity index (χ0v) is 26.1. The number of carbonyl (C=O) groups excluding carboxylic acids is 2. The van der Waals surface area contributed by atoms with Gasteiger partial charge < -0.3 is 19.3 Å². The highest BCUT2D eigenvalue weighted by atomic mass is 32.1. The number of unbranched alkanes of at least 4 members (excludes halogenated alkanes) is 1. The lowest BCUT2D eigenvalue weighted by Gasteiger charge is -2.24. The van der Waals surface area contributed by atoms with Gasteiger partial charge in [-0.15, -0.1) is 0 Å². The highest BCUT2D eigenvalue weighted by Crippen LogP contribution is 2.46. The quantitative estimate of drug-likeness (QED) is 0.0682. The van der Waals surface area contributed by atoms with Crippen LogP contribution in [0.1, 0.15) is 42.5 Å². The smallest absolute Gasteiger partial charge is 0.301 e. The molecular weight excluding hydrogens is 607 g/mol. The molecule has 8 nitrogen and oxygen atoms in total. The molecule has 1 aliphatic heterocycles. The van der Waals surface area contributed by atoms with Crippen LogP contribution >= 0.6 is 11.3 Å². The molecule has 0 bridgehead atoms. The lowest BCUT2D eigenvalue weighted by Crippen LogP contribution is -2.29. The van der Waals surface area contributed by atoms with Crippen LogP contribution in [0.4, 0.5) is 9.52 Å². The zero-order chi connectivity index (χ0) is 32.2. The topological polar surface area (TPSA) is 98.2 Å². The maximum absolute atomic E-state index is 14.0. The third-order valence-corrected chi connectivity index (χ3v) is 8.62. The lowest BCUT2D eigenvalue weighted by molar-refractivity contribution is -0.132. The molecule has 0 radical (unpaired) electrons. The lowest BCUT2D eigenvalue weighted by atomic mass is 9.95. The Morgan fingerprint density at radius 2 is 1.78 bits per heavy atom. The number of Topliss-reactive ketones (excluding diaryl/α,β-unsaturated/α-hetero) is 1. The number of amides is 1. The van der Waals surface area contributed by atoms with Crippen LogP contribution in [0.2, 0.25) is 0 Å². The molecule has 1 N–H and O–H groups in total. The van der Waals surface area contributed by atoms with Gasteiger partial charge in [0.25, 0.3) is 5.78 Å². The third kappa shape index (κ3) is 6.16. The van der Waals surface area contributed by atoms with Crippen LogP contribution in [-0.4, -0.2) is 35.5 Å². The number of hydrogen-bond acceptors (Lipinski definition) is 8. The van der Waals surface area contributed by atoms with Crippen molar-refractivity contribution in [3.8, 4) is 17.2 Å². The van der Waals surface area contributed by atoms with Crippen LogP contribution < -0.4 is 19.1 Å². The Bertz CT molecular complexity index is 1940. The molecule has 4 aromatic carbocycles. The number of benzene rings is 4. The first-order chi connectivity index (χ1) is 22.4. The number of aliphatic hydroxyl groups is 1. The second-order valence-electron chi connectivity index (χ2n) is 10.7. The summed E-state index contributed by atoms with van der Waals surface area (Å²) >= 11 is 1.08. The van der Waals surface area contributed by atoms with Gasteiger partial charge in [-0.2, -0.15) is 0 Å². The van der Waals surface area contributed by atoms with E-state index < -0.39 is 23.5 Å². The van der Waals surface area contributed by atoms with Crippen molar-refractivity contribution in [3.05, 3.63) is 119 Å². The molecule has 5 aromatic rings. The first kappa shape index (κ1) is 30.8. The van der Waals surface area contributed by atoms with E-state index in [0.29, 0.717) is 51.8 Å². The van der Waals surface area contributed by atoms with Gasteiger partial charge in [-0.25, -0.2) is 9.37 Å². The number of hydrogen-bond donors (Lipinski definition) is 1. The molecule has 10 heteroatoms. The molecule has 0 spiro atoms.